The molecule has 0 N–H and O–H groups in total. The molecule has 2 aromatic carbocycles. The summed E-state index contributed by atoms with van der Waals surface area (Å²) in [6.07, 6.45) is 5.91. The van der Waals surface area contributed by atoms with Gasteiger partial charge in [-0.3, -0.25) is 9.59 Å². The second kappa shape index (κ2) is 9.24. The van der Waals surface area contributed by atoms with Crippen molar-refractivity contribution in [2.24, 2.45) is 0 Å². The third-order valence-corrected chi connectivity index (χ3v) is 4.12. The van der Waals surface area contributed by atoms with Crippen LogP contribution in [-0.4, -0.2) is 11.4 Å². The lowest BCUT2D eigenvalue weighted by molar-refractivity contribution is -0.106. The minimum atomic E-state index is -0.203. The summed E-state index contributed by atoms with van der Waals surface area (Å²) < 4.78 is 0. The molecular formula is C21H22O2S. The second-order valence-corrected chi connectivity index (χ2v) is 6.43. The van der Waals surface area contributed by atoms with Gasteiger partial charge in [0, 0.05) is 5.56 Å². The van der Waals surface area contributed by atoms with Crippen molar-refractivity contribution in [2.75, 3.05) is 0 Å². The average Bonchev–Trinajstić information content (AvgIpc) is 2.57. The van der Waals surface area contributed by atoms with Crippen molar-refractivity contribution < 1.29 is 9.59 Å². The topological polar surface area (TPSA) is 34.1 Å². The molecule has 2 rings (SSSR count). The summed E-state index contributed by atoms with van der Waals surface area (Å²) in [4.78, 5) is 22.1. The van der Waals surface area contributed by atoms with Gasteiger partial charge in [-0.05, 0) is 49.8 Å². The molecule has 0 radical (unpaired) electrons. The van der Waals surface area contributed by atoms with Gasteiger partial charge in [-0.15, -0.1) is 12.6 Å². The third-order valence-electron chi connectivity index (χ3n) is 4.00. The van der Waals surface area contributed by atoms with E-state index in [0.717, 1.165) is 43.1 Å². The van der Waals surface area contributed by atoms with E-state index in [1.165, 1.54) is 11.1 Å². The number of carbonyl (C=O) groups is 2. The molecule has 0 saturated heterocycles. The number of aryl methyl sites for hydroxylation is 3. The summed E-state index contributed by atoms with van der Waals surface area (Å²) in [7, 11) is 0. The van der Waals surface area contributed by atoms with Crippen LogP contribution in [0.15, 0.2) is 60.2 Å². The van der Waals surface area contributed by atoms with Gasteiger partial charge >= 0.3 is 0 Å². The highest BCUT2D eigenvalue weighted by Gasteiger charge is 2.04. The SMILES string of the molecule is Cc1cccc(CC/C(=C\C(=O)S)CCc2ccc(C=O)cc2)c1. The van der Waals surface area contributed by atoms with Crippen LogP contribution in [0.4, 0.5) is 0 Å². The zero-order valence-corrected chi connectivity index (χ0v) is 14.8. The standard InChI is InChI=1S/C21H22O2S/c1-16-3-2-4-18(13-16)9-10-19(14-21(23)24)8-5-17-6-11-20(15-22)12-7-17/h2-4,6-7,11-15H,5,8-10H2,1H3,(H,23,24)/b19-14-. The fraction of sp³-hybridized carbons (Fsp3) is 0.238. The second-order valence-electron chi connectivity index (χ2n) is 5.99. The van der Waals surface area contributed by atoms with Gasteiger partial charge < -0.3 is 0 Å². The highest BCUT2D eigenvalue weighted by Crippen LogP contribution is 2.17. The molecular weight excluding hydrogens is 316 g/mol. The molecule has 0 atom stereocenters. The third kappa shape index (κ3) is 6.17. The number of hydrogen-bond acceptors (Lipinski definition) is 2. The fourth-order valence-corrected chi connectivity index (χ4v) is 2.87. The van der Waals surface area contributed by atoms with E-state index in [1.54, 1.807) is 6.08 Å². The van der Waals surface area contributed by atoms with Crippen LogP contribution in [0.2, 0.25) is 0 Å². The van der Waals surface area contributed by atoms with Gasteiger partial charge in [0.15, 0.2) is 0 Å². The van der Waals surface area contributed by atoms with Crippen LogP contribution in [0.25, 0.3) is 0 Å². The highest BCUT2D eigenvalue weighted by atomic mass is 32.1. The van der Waals surface area contributed by atoms with Crippen molar-refractivity contribution in [1.29, 1.82) is 0 Å². The summed E-state index contributed by atoms with van der Waals surface area (Å²) in [5.74, 6) is 0. The van der Waals surface area contributed by atoms with E-state index in [1.807, 2.05) is 24.3 Å². The van der Waals surface area contributed by atoms with E-state index < -0.39 is 0 Å². The van der Waals surface area contributed by atoms with Gasteiger partial charge in [0.2, 0.25) is 5.12 Å². The maximum atomic E-state index is 11.4. The molecule has 0 spiro atoms. The first-order valence-corrected chi connectivity index (χ1v) is 8.53. The van der Waals surface area contributed by atoms with Gasteiger partial charge in [0.05, 0.1) is 0 Å². The molecule has 0 aliphatic heterocycles. The maximum absolute atomic E-state index is 11.4. The maximum Gasteiger partial charge on any atom is 0.209 e. The molecule has 0 aliphatic carbocycles. The van der Waals surface area contributed by atoms with E-state index in [9.17, 15) is 9.59 Å². The van der Waals surface area contributed by atoms with Gasteiger partial charge in [-0.25, -0.2) is 0 Å². The fourth-order valence-electron chi connectivity index (χ4n) is 2.68. The lowest BCUT2D eigenvalue weighted by Gasteiger charge is -2.08. The lowest BCUT2D eigenvalue weighted by Crippen LogP contribution is -1.96. The normalized spacial score (nSPS) is 11.3. The van der Waals surface area contributed by atoms with Crippen LogP contribution >= 0.6 is 12.6 Å². The van der Waals surface area contributed by atoms with E-state index in [4.69, 9.17) is 0 Å². The number of rotatable bonds is 8. The molecule has 0 unspecified atom stereocenters. The van der Waals surface area contributed by atoms with Gasteiger partial charge in [0.25, 0.3) is 0 Å². The Hall–Kier alpha value is -2.13. The predicted molar refractivity (Wildman–Crippen MR) is 102 cm³/mol. The van der Waals surface area contributed by atoms with Crippen LogP contribution in [0.5, 0.6) is 0 Å². The summed E-state index contributed by atoms with van der Waals surface area (Å²) in [6.45, 7) is 2.08. The zero-order chi connectivity index (χ0) is 17.4. The number of hydrogen-bond donors (Lipinski definition) is 1. The molecule has 0 bridgehead atoms. The number of thiol groups is 1. The van der Waals surface area contributed by atoms with Crippen LogP contribution in [0.1, 0.15) is 39.9 Å². The van der Waals surface area contributed by atoms with Crippen molar-refractivity contribution in [2.45, 2.75) is 32.6 Å². The molecule has 0 heterocycles. The van der Waals surface area contributed by atoms with Crippen LogP contribution in [0, 0.1) is 6.92 Å². The molecule has 2 nitrogen and oxygen atoms in total. The molecule has 24 heavy (non-hydrogen) atoms. The minimum Gasteiger partial charge on any atom is -0.298 e. The number of carbonyl (C=O) groups excluding carboxylic acids is 2. The quantitative estimate of drug-likeness (QED) is 0.428. The number of aldehydes is 1. The Morgan fingerprint density at radius 1 is 1.00 bits per heavy atom. The Kier molecular flexibility index (Phi) is 7.01. The molecule has 0 aliphatic rings. The molecule has 0 aromatic heterocycles. The molecule has 0 saturated carbocycles. The highest BCUT2D eigenvalue weighted by molar-refractivity contribution is 7.97. The first-order valence-electron chi connectivity index (χ1n) is 8.09. The minimum absolute atomic E-state index is 0.203. The van der Waals surface area contributed by atoms with Crippen LogP contribution in [-0.2, 0) is 17.6 Å². The Bertz CT molecular complexity index is 730. The molecule has 124 valence electrons. The van der Waals surface area contributed by atoms with E-state index in [0.29, 0.717) is 5.56 Å². The molecule has 0 fully saturated rings. The predicted octanol–water partition coefficient (Wildman–Crippen LogP) is 4.76. The molecule has 3 heteroatoms. The van der Waals surface area contributed by atoms with Gasteiger partial charge in [0.1, 0.15) is 6.29 Å². The molecule has 2 aromatic rings. The molecule has 0 amide bonds. The zero-order valence-electron chi connectivity index (χ0n) is 13.9. The van der Waals surface area contributed by atoms with Crippen molar-refractivity contribution >= 4 is 24.0 Å². The summed E-state index contributed by atoms with van der Waals surface area (Å²) in [5.41, 5.74) is 5.48. The monoisotopic (exact) mass is 338 g/mol. The Balaban J connectivity index is 1.97. The largest absolute Gasteiger partial charge is 0.298 e. The number of benzene rings is 2. The Labute approximate surface area is 149 Å². The Morgan fingerprint density at radius 3 is 2.25 bits per heavy atom. The first kappa shape index (κ1) is 18.2. The van der Waals surface area contributed by atoms with E-state index >= 15 is 0 Å². The van der Waals surface area contributed by atoms with E-state index in [2.05, 4.69) is 43.8 Å². The van der Waals surface area contributed by atoms with E-state index in [-0.39, 0.29) is 5.12 Å². The summed E-state index contributed by atoms with van der Waals surface area (Å²) in [6, 6.07) is 16.0. The summed E-state index contributed by atoms with van der Waals surface area (Å²) >= 11 is 3.89. The van der Waals surface area contributed by atoms with Crippen LogP contribution < -0.4 is 0 Å². The lowest BCUT2D eigenvalue weighted by atomic mass is 9.97. The van der Waals surface area contributed by atoms with Crippen molar-refractivity contribution in [3.63, 3.8) is 0 Å². The Morgan fingerprint density at radius 2 is 1.67 bits per heavy atom. The van der Waals surface area contributed by atoms with Crippen molar-refractivity contribution in [1.82, 2.24) is 0 Å². The van der Waals surface area contributed by atoms with Crippen LogP contribution in [0.3, 0.4) is 0 Å². The smallest absolute Gasteiger partial charge is 0.209 e. The van der Waals surface area contributed by atoms with Crippen molar-refractivity contribution in [3.05, 3.63) is 82.4 Å². The van der Waals surface area contributed by atoms with Gasteiger partial charge in [-0.1, -0.05) is 59.7 Å². The van der Waals surface area contributed by atoms with Gasteiger partial charge in [-0.2, -0.15) is 0 Å². The number of allylic oxidation sites excluding steroid dienone is 1. The first-order chi connectivity index (χ1) is 11.6. The van der Waals surface area contributed by atoms with Crippen molar-refractivity contribution in [3.8, 4) is 0 Å². The average molecular weight is 338 g/mol. The summed E-state index contributed by atoms with van der Waals surface area (Å²) in [5, 5.41) is -0.203.